The van der Waals surface area contributed by atoms with Crippen LogP contribution in [0.15, 0.2) is 69.6 Å². The van der Waals surface area contributed by atoms with E-state index in [0.29, 0.717) is 34.9 Å². The van der Waals surface area contributed by atoms with Gasteiger partial charge in [-0.2, -0.15) is 0 Å². The van der Waals surface area contributed by atoms with Gasteiger partial charge >= 0.3 is 5.69 Å². The van der Waals surface area contributed by atoms with E-state index in [0.717, 1.165) is 16.7 Å². The van der Waals surface area contributed by atoms with Gasteiger partial charge in [0.25, 0.3) is 5.56 Å². The van der Waals surface area contributed by atoms with Crippen LogP contribution in [0.25, 0.3) is 16.0 Å². The van der Waals surface area contributed by atoms with E-state index in [1.165, 1.54) is 20.4 Å². The van der Waals surface area contributed by atoms with E-state index in [9.17, 15) is 9.59 Å². The van der Waals surface area contributed by atoms with Crippen LogP contribution < -0.4 is 16.0 Å². The van der Waals surface area contributed by atoms with Gasteiger partial charge in [-0.3, -0.25) is 9.36 Å². The molecule has 3 heterocycles. The van der Waals surface area contributed by atoms with Crippen LogP contribution >= 0.6 is 11.3 Å². The molecule has 8 heteroatoms. The van der Waals surface area contributed by atoms with E-state index in [-0.39, 0.29) is 17.8 Å². The number of rotatable bonds is 6. The Labute approximate surface area is 187 Å². The first-order chi connectivity index (χ1) is 15.6. The van der Waals surface area contributed by atoms with E-state index >= 15 is 0 Å². The lowest BCUT2D eigenvalue weighted by atomic mass is 10.1. The highest BCUT2D eigenvalue weighted by Gasteiger charge is 2.19. The third kappa shape index (κ3) is 3.42. The summed E-state index contributed by atoms with van der Waals surface area (Å²) < 4.78 is 10.8. The summed E-state index contributed by atoms with van der Waals surface area (Å²) in [4.78, 5) is 26.7. The van der Waals surface area contributed by atoms with Crippen molar-refractivity contribution < 1.29 is 4.74 Å². The second-order valence-electron chi connectivity index (χ2n) is 7.63. The largest absolute Gasteiger partial charge is 0.494 e. The molecule has 0 unspecified atom stereocenters. The van der Waals surface area contributed by atoms with Crippen molar-refractivity contribution in [1.82, 2.24) is 18.7 Å². The summed E-state index contributed by atoms with van der Waals surface area (Å²) in [5.41, 5.74) is 3.11. The van der Waals surface area contributed by atoms with E-state index in [4.69, 9.17) is 4.74 Å². The molecule has 0 aliphatic heterocycles. The average Bonchev–Trinajstić information content (AvgIpc) is 3.38. The first-order valence-corrected chi connectivity index (χ1v) is 11.3. The van der Waals surface area contributed by atoms with Crippen molar-refractivity contribution in [2.24, 2.45) is 0 Å². The highest BCUT2D eigenvalue weighted by atomic mass is 32.1. The van der Waals surface area contributed by atoms with Crippen molar-refractivity contribution >= 4 is 27.3 Å². The van der Waals surface area contributed by atoms with Crippen LogP contribution in [0.4, 0.5) is 0 Å². The molecular weight excluding hydrogens is 424 g/mol. The number of hydrogen-bond acceptors (Lipinski definition) is 5. The molecule has 0 spiro atoms. The van der Waals surface area contributed by atoms with Gasteiger partial charge in [0.05, 0.1) is 25.2 Å². The normalized spacial score (nSPS) is 11.4. The Balaban J connectivity index is 1.71. The van der Waals surface area contributed by atoms with Crippen LogP contribution in [0.1, 0.15) is 23.6 Å². The minimum Gasteiger partial charge on any atom is -0.494 e. The number of para-hydroxylation sites is 1. The minimum atomic E-state index is -0.267. The SMILES string of the molecule is CCOc1ccccc1Cn1c(=O)c2sccc2n2c(=O)n(Cc3cccc(C)c3)nc12. The number of ether oxygens (including phenoxy) is 1. The van der Waals surface area contributed by atoms with Crippen molar-refractivity contribution in [3.05, 3.63) is 97.5 Å². The Morgan fingerprint density at radius 3 is 2.69 bits per heavy atom. The van der Waals surface area contributed by atoms with Gasteiger partial charge in [0.2, 0.25) is 5.78 Å². The monoisotopic (exact) mass is 446 g/mol. The number of fused-ring (bicyclic) bond motifs is 3. The van der Waals surface area contributed by atoms with Crippen LogP contribution in [0.5, 0.6) is 5.75 Å². The smallest absolute Gasteiger partial charge is 0.352 e. The lowest BCUT2D eigenvalue weighted by Crippen LogP contribution is -2.26. The zero-order valence-electron chi connectivity index (χ0n) is 17.8. The van der Waals surface area contributed by atoms with Gasteiger partial charge in [-0.1, -0.05) is 48.0 Å². The fourth-order valence-electron chi connectivity index (χ4n) is 3.96. The topological polar surface area (TPSA) is 70.5 Å². The number of hydrogen-bond donors (Lipinski definition) is 0. The maximum Gasteiger partial charge on any atom is 0.352 e. The third-order valence-corrected chi connectivity index (χ3v) is 6.30. The molecule has 0 atom stereocenters. The predicted octanol–water partition coefficient (Wildman–Crippen LogP) is 3.68. The molecule has 0 saturated carbocycles. The van der Waals surface area contributed by atoms with Crippen LogP contribution in [-0.4, -0.2) is 25.4 Å². The molecule has 0 fully saturated rings. The van der Waals surface area contributed by atoms with Gasteiger partial charge in [0.1, 0.15) is 10.4 Å². The summed E-state index contributed by atoms with van der Waals surface area (Å²) in [7, 11) is 0. The molecular formula is C24H22N4O3S. The number of benzene rings is 2. The van der Waals surface area contributed by atoms with Crippen molar-refractivity contribution in [3.63, 3.8) is 0 Å². The quantitative estimate of drug-likeness (QED) is 0.399. The van der Waals surface area contributed by atoms with Crippen LogP contribution in [0.2, 0.25) is 0 Å². The molecule has 3 aromatic heterocycles. The standard InChI is InChI=1S/C24H22N4O3S/c1-3-31-20-10-5-4-9-18(20)15-26-22(29)21-19(11-12-32-21)28-23(26)25-27(24(28)30)14-17-8-6-7-16(2)13-17/h4-13H,3,14-15H2,1-2H3. The molecule has 5 rings (SSSR count). The number of aryl methyl sites for hydroxylation is 1. The Morgan fingerprint density at radius 2 is 1.88 bits per heavy atom. The molecule has 7 nitrogen and oxygen atoms in total. The fraction of sp³-hybridized carbons (Fsp3) is 0.208. The molecule has 0 amide bonds. The Hall–Kier alpha value is -3.65. The summed E-state index contributed by atoms with van der Waals surface area (Å²) >= 11 is 1.33. The predicted molar refractivity (Wildman–Crippen MR) is 126 cm³/mol. The average molecular weight is 447 g/mol. The highest BCUT2D eigenvalue weighted by Crippen LogP contribution is 2.22. The molecule has 5 aromatic rings. The van der Waals surface area contributed by atoms with Gasteiger partial charge in [-0.05, 0) is 36.9 Å². The van der Waals surface area contributed by atoms with Crippen molar-refractivity contribution in [2.75, 3.05) is 6.61 Å². The summed E-state index contributed by atoms with van der Waals surface area (Å²) in [6.45, 7) is 5.05. The highest BCUT2D eigenvalue weighted by molar-refractivity contribution is 7.17. The van der Waals surface area contributed by atoms with E-state index in [1.54, 1.807) is 10.6 Å². The minimum absolute atomic E-state index is 0.165. The van der Waals surface area contributed by atoms with Gasteiger partial charge in [0.15, 0.2) is 0 Å². The summed E-state index contributed by atoms with van der Waals surface area (Å²) in [6.07, 6.45) is 0. The molecule has 0 aliphatic carbocycles. The Kier molecular flexibility index (Phi) is 5.14. The van der Waals surface area contributed by atoms with Gasteiger partial charge in [-0.25, -0.2) is 13.9 Å². The molecule has 0 radical (unpaired) electrons. The van der Waals surface area contributed by atoms with Crippen LogP contribution in [0.3, 0.4) is 0 Å². The number of nitrogens with zero attached hydrogens (tertiary/aromatic N) is 4. The second kappa shape index (κ2) is 8.12. The Bertz CT molecular complexity index is 1560. The van der Waals surface area contributed by atoms with E-state index < -0.39 is 0 Å². The molecule has 0 N–H and O–H groups in total. The number of aromatic nitrogens is 4. The molecule has 0 bridgehead atoms. The molecule has 0 saturated heterocycles. The summed E-state index contributed by atoms with van der Waals surface area (Å²) in [5, 5.41) is 6.42. The second-order valence-corrected chi connectivity index (χ2v) is 8.55. The summed E-state index contributed by atoms with van der Waals surface area (Å²) in [5.74, 6) is 1.04. The first kappa shape index (κ1) is 20.3. The summed E-state index contributed by atoms with van der Waals surface area (Å²) in [6, 6.07) is 17.4. The van der Waals surface area contributed by atoms with E-state index in [1.807, 2.05) is 67.8 Å². The fourth-order valence-corrected chi connectivity index (χ4v) is 4.79. The maximum absolute atomic E-state index is 13.4. The maximum atomic E-state index is 13.4. The van der Waals surface area contributed by atoms with Gasteiger partial charge in [0, 0.05) is 5.56 Å². The third-order valence-electron chi connectivity index (χ3n) is 5.40. The van der Waals surface area contributed by atoms with Crippen LogP contribution in [0, 0.1) is 6.92 Å². The Morgan fingerprint density at radius 1 is 1.03 bits per heavy atom. The van der Waals surface area contributed by atoms with E-state index in [2.05, 4.69) is 5.10 Å². The zero-order valence-corrected chi connectivity index (χ0v) is 18.6. The zero-order chi connectivity index (χ0) is 22.2. The molecule has 32 heavy (non-hydrogen) atoms. The van der Waals surface area contributed by atoms with Gasteiger partial charge < -0.3 is 4.74 Å². The molecule has 2 aromatic carbocycles. The van der Waals surface area contributed by atoms with Crippen molar-refractivity contribution in [1.29, 1.82) is 0 Å². The molecule has 0 aliphatic rings. The van der Waals surface area contributed by atoms with Crippen molar-refractivity contribution in [2.45, 2.75) is 26.9 Å². The van der Waals surface area contributed by atoms with Crippen molar-refractivity contribution in [3.8, 4) is 5.75 Å². The lowest BCUT2D eigenvalue weighted by molar-refractivity contribution is 0.336. The number of thiophene rings is 1. The van der Waals surface area contributed by atoms with Gasteiger partial charge in [-0.15, -0.1) is 16.4 Å². The lowest BCUT2D eigenvalue weighted by Gasteiger charge is -2.12. The molecule has 162 valence electrons. The first-order valence-electron chi connectivity index (χ1n) is 10.4. The van der Waals surface area contributed by atoms with Crippen LogP contribution in [-0.2, 0) is 13.1 Å².